The number of hydrogen-bond acceptors (Lipinski definition) is 4. The molecule has 1 aromatic rings. The minimum Gasteiger partial charge on any atom is -0.383 e. The van der Waals surface area contributed by atoms with Gasteiger partial charge >= 0.3 is 5.69 Å². The summed E-state index contributed by atoms with van der Waals surface area (Å²) in [5.74, 6) is -4.82. The van der Waals surface area contributed by atoms with E-state index < -0.39 is 36.0 Å². The van der Waals surface area contributed by atoms with E-state index in [-0.39, 0.29) is 12.2 Å². The highest BCUT2D eigenvalue weighted by atomic mass is 19.3. The van der Waals surface area contributed by atoms with E-state index in [1.807, 2.05) is 0 Å². The summed E-state index contributed by atoms with van der Waals surface area (Å²) in [6.45, 7) is 1.74. The average Bonchev–Trinajstić information content (AvgIpc) is 2.60. The normalized spacial score (nSPS) is 32.5. The molecule has 0 radical (unpaired) electrons. The number of hydrogen-bond donors (Lipinski definition) is 1. The Kier molecular flexibility index (Phi) is 3.53. The van der Waals surface area contributed by atoms with Gasteiger partial charge in [0.1, 0.15) is 18.1 Å². The Bertz CT molecular complexity index is 557. The van der Waals surface area contributed by atoms with Gasteiger partial charge in [0.15, 0.2) is 0 Å². The van der Waals surface area contributed by atoms with Crippen LogP contribution in [0.1, 0.15) is 26.5 Å². The van der Waals surface area contributed by atoms with Crippen LogP contribution in [0.4, 0.5) is 19.0 Å². The van der Waals surface area contributed by atoms with Crippen molar-refractivity contribution in [3.05, 3.63) is 22.7 Å². The predicted molar refractivity (Wildman–Crippen MR) is 66.1 cm³/mol. The quantitative estimate of drug-likeness (QED) is 0.921. The Labute approximate surface area is 113 Å². The van der Waals surface area contributed by atoms with Crippen LogP contribution in [0, 0.1) is 5.92 Å². The van der Waals surface area contributed by atoms with Crippen molar-refractivity contribution >= 4 is 5.82 Å². The first-order valence-corrected chi connectivity index (χ1v) is 6.24. The van der Waals surface area contributed by atoms with Crippen molar-refractivity contribution in [3.8, 4) is 0 Å². The van der Waals surface area contributed by atoms with Crippen LogP contribution in [0.3, 0.4) is 0 Å². The molecule has 0 aliphatic carbocycles. The van der Waals surface area contributed by atoms with Gasteiger partial charge in [0.05, 0.1) is 5.92 Å². The first kappa shape index (κ1) is 14.8. The van der Waals surface area contributed by atoms with Crippen molar-refractivity contribution in [2.24, 2.45) is 5.92 Å². The topological polar surface area (TPSA) is 70.1 Å². The fraction of sp³-hybridized carbons (Fsp3) is 0.667. The maximum atomic E-state index is 14.3. The molecule has 1 saturated heterocycles. The van der Waals surface area contributed by atoms with Gasteiger partial charge in [-0.1, -0.05) is 13.8 Å². The zero-order valence-electron chi connectivity index (χ0n) is 11.1. The molecule has 0 aromatic carbocycles. The van der Waals surface area contributed by atoms with Gasteiger partial charge in [0.2, 0.25) is 6.23 Å². The van der Waals surface area contributed by atoms with Crippen LogP contribution in [-0.2, 0) is 4.74 Å². The fourth-order valence-electron chi connectivity index (χ4n) is 2.45. The van der Waals surface area contributed by atoms with Crippen LogP contribution in [0.15, 0.2) is 17.1 Å². The van der Waals surface area contributed by atoms with Crippen LogP contribution in [0.25, 0.3) is 0 Å². The molecule has 1 aliphatic heterocycles. The lowest BCUT2D eigenvalue weighted by Crippen LogP contribution is -2.41. The predicted octanol–water partition coefficient (Wildman–Crippen LogP) is 1.74. The number of alkyl halides is 3. The second kappa shape index (κ2) is 4.76. The molecule has 0 saturated carbocycles. The lowest BCUT2D eigenvalue weighted by molar-refractivity contribution is -0.140. The Morgan fingerprint density at radius 1 is 1.55 bits per heavy atom. The van der Waals surface area contributed by atoms with Crippen LogP contribution in [-0.4, -0.2) is 27.7 Å². The van der Waals surface area contributed by atoms with Gasteiger partial charge in [-0.25, -0.2) is 18.0 Å². The van der Waals surface area contributed by atoms with Crippen molar-refractivity contribution in [2.45, 2.75) is 38.0 Å². The lowest BCUT2D eigenvalue weighted by Gasteiger charge is -2.28. The summed E-state index contributed by atoms with van der Waals surface area (Å²) in [4.78, 5) is 15.1. The molecule has 3 atom stereocenters. The van der Waals surface area contributed by atoms with Crippen molar-refractivity contribution in [3.63, 3.8) is 0 Å². The van der Waals surface area contributed by atoms with E-state index in [9.17, 15) is 18.0 Å². The number of nitrogens with two attached hydrogens (primary N) is 1. The molecular weight excluding hydrogens is 275 g/mol. The molecule has 8 heteroatoms. The van der Waals surface area contributed by atoms with E-state index in [1.165, 1.54) is 13.0 Å². The van der Waals surface area contributed by atoms with Crippen molar-refractivity contribution in [1.82, 2.24) is 9.55 Å². The van der Waals surface area contributed by atoms with Crippen LogP contribution in [0.5, 0.6) is 0 Å². The Hall–Kier alpha value is -1.57. The van der Waals surface area contributed by atoms with Gasteiger partial charge in [0, 0.05) is 6.20 Å². The monoisotopic (exact) mass is 291 g/mol. The largest absolute Gasteiger partial charge is 0.383 e. The summed E-state index contributed by atoms with van der Waals surface area (Å²) in [7, 11) is 0. The average molecular weight is 291 g/mol. The summed E-state index contributed by atoms with van der Waals surface area (Å²) in [5, 5.41) is 0. The van der Waals surface area contributed by atoms with Gasteiger partial charge in [-0.3, -0.25) is 4.57 Å². The maximum Gasteiger partial charge on any atom is 0.351 e. The van der Waals surface area contributed by atoms with Crippen molar-refractivity contribution < 1.29 is 17.9 Å². The first-order valence-electron chi connectivity index (χ1n) is 6.24. The number of rotatable bonds is 3. The van der Waals surface area contributed by atoms with Crippen LogP contribution >= 0.6 is 0 Å². The number of halogens is 3. The fourth-order valence-corrected chi connectivity index (χ4v) is 2.45. The molecule has 2 rings (SSSR count). The number of nitrogens with zero attached hydrogens (tertiary/aromatic N) is 2. The number of aromatic nitrogens is 2. The third kappa shape index (κ3) is 1.98. The Balaban J connectivity index is 2.50. The molecule has 112 valence electrons. The molecule has 0 spiro atoms. The van der Waals surface area contributed by atoms with Crippen LogP contribution in [0.2, 0.25) is 0 Å². The van der Waals surface area contributed by atoms with Crippen molar-refractivity contribution in [2.75, 3.05) is 12.4 Å². The van der Waals surface area contributed by atoms with Crippen molar-refractivity contribution in [1.29, 1.82) is 0 Å². The number of nitrogen functional groups attached to an aromatic ring is 1. The molecule has 1 fully saturated rings. The van der Waals surface area contributed by atoms with Crippen LogP contribution < -0.4 is 11.4 Å². The Morgan fingerprint density at radius 2 is 2.20 bits per heavy atom. The first-order chi connectivity index (χ1) is 9.28. The summed E-state index contributed by atoms with van der Waals surface area (Å²) in [6.07, 6.45) is -0.720. The molecule has 0 unspecified atom stereocenters. The highest BCUT2D eigenvalue weighted by molar-refractivity contribution is 5.23. The summed E-state index contributed by atoms with van der Waals surface area (Å²) in [6, 6.07) is 1.22. The van der Waals surface area contributed by atoms with E-state index in [0.29, 0.717) is 4.57 Å². The van der Waals surface area contributed by atoms with Gasteiger partial charge in [-0.2, -0.15) is 4.98 Å². The summed E-state index contributed by atoms with van der Waals surface area (Å²) < 4.78 is 47.8. The second-order valence-corrected chi connectivity index (χ2v) is 4.96. The lowest BCUT2D eigenvalue weighted by atomic mass is 9.85. The molecule has 20 heavy (non-hydrogen) atoms. The minimum absolute atomic E-state index is 0.0761. The number of anilines is 1. The van der Waals surface area contributed by atoms with E-state index in [2.05, 4.69) is 4.98 Å². The van der Waals surface area contributed by atoms with E-state index >= 15 is 0 Å². The van der Waals surface area contributed by atoms with Gasteiger partial charge in [0.25, 0.3) is 5.92 Å². The third-order valence-electron chi connectivity index (χ3n) is 3.97. The maximum absolute atomic E-state index is 14.3. The van der Waals surface area contributed by atoms with E-state index in [0.717, 1.165) is 6.20 Å². The third-order valence-corrected chi connectivity index (χ3v) is 3.97. The van der Waals surface area contributed by atoms with Gasteiger partial charge < -0.3 is 10.5 Å². The molecule has 5 nitrogen and oxygen atoms in total. The SMILES string of the molecule is CC[C@@]1(CF)O[C@@H](n2ccc(N)nc2=O)C(F)(F)[C@@H]1C. The summed E-state index contributed by atoms with van der Waals surface area (Å²) >= 11 is 0. The standard InChI is InChI=1S/C12H16F3N3O2/c1-3-11(6-13)7(2)12(14,15)9(20-11)18-5-4-8(16)17-10(18)19/h4-5,7,9H,3,6H2,1-2H3,(H2,16,17,19)/t7-,9-,11+/m1/s1. The van der Waals surface area contributed by atoms with E-state index in [1.54, 1.807) is 6.92 Å². The molecule has 0 amide bonds. The summed E-state index contributed by atoms with van der Waals surface area (Å²) in [5.41, 5.74) is 2.76. The molecular formula is C12H16F3N3O2. The Morgan fingerprint density at radius 3 is 2.65 bits per heavy atom. The molecule has 1 aromatic heterocycles. The van der Waals surface area contributed by atoms with E-state index in [4.69, 9.17) is 10.5 Å². The zero-order chi connectivity index (χ0) is 15.1. The smallest absolute Gasteiger partial charge is 0.351 e. The highest BCUT2D eigenvalue weighted by Crippen LogP contribution is 2.53. The number of ether oxygens (including phenoxy) is 1. The van der Waals surface area contributed by atoms with Gasteiger partial charge in [-0.15, -0.1) is 0 Å². The molecule has 0 bridgehead atoms. The highest BCUT2D eigenvalue weighted by Gasteiger charge is 2.64. The zero-order valence-corrected chi connectivity index (χ0v) is 11.1. The molecule has 1 aliphatic rings. The molecule has 2 N–H and O–H groups in total. The van der Waals surface area contributed by atoms with Gasteiger partial charge in [-0.05, 0) is 12.5 Å². The second-order valence-electron chi connectivity index (χ2n) is 4.96. The molecule has 2 heterocycles. The minimum atomic E-state index is -3.39.